The molecule has 1 aliphatic rings. The molecule has 1 aromatic carbocycles. The molecule has 0 fully saturated rings. The van der Waals surface area contributed by atoms with E-state index in [1.54, 1.807) is 4.58 Å². The van der Waals surface area contributed by atoms with Gasteiger partial charge in [0, 0.05) is 11.1 Å². The highest BCUT2D eigenvalue weighted by Gasteiger charge is 2.34. The van der Waals surface area contributed by atoms with Gasteiger partial charge in [-0.2, -0.15) is 0 Å². The van der Waals surface area contributed by atoms with Crippen LogP contribution in [0.25, 0.3) is 0 Å². The molecule has 4 nitrogen and oxygen atoms in total. The molecule has 0 aliphatic carbocycles. The number of nitrogens with zero attached hydrogens (tertiary/aromatic N) is 1. The predicted octanol–water partition coefficient (Wildman–Crippen LogP) is 1.77. The van der Waals surface area contributed by atoms with Crippen LogP contribution in [0.15, 0.2) is 12.1 Å². The molecule has 0 saturated heterocycles. The highest BCUT2D eigenvalue weighted by Crippen LogP contribution is 2.26. The van der Waals surface area contributed by atoms with E-state index in [1.165, 1.54) is 5.56 Å². The molecular formula is C13H16NO3+. The van der Waals surface area contributed by atoms with Crippen LogP contribution in [0.4, 0.5) is 5.69 Å². The summed E-state index contributed by atoms with van der Waals surface area (Å²) in [5.74, 6) is -0.984. The van der Waals surface area contributed by atoms with Gasteiger partial charge in [0.15, 0.2) is 13.2 Å². The summed E-state index contributed by atoms with van der Waals surface area (Å²) in [4.78, 5) is 11.1. The first-order chi connectivity index (χ1) is 8.00. The molecule has 17 heavy (non-hydrogen) atoms. The van der Waals surface area contributed by atoms with Crippen molar-refractivity contribution in [3.8, 4) is 0 Å². The summed E-state index contributed by atoms with van der Waals surface area (Å²) in [6, 6.07) is 4.11. The van der Waals surface area contributed by atoms with Gasteiger partial charge < -0.3 is 9.84 Å². The summed E-state index contributed by atoms with van der Waals surface area (Å²) >= 11 is 0. The topological polar surface area (TPSA) is 49.5 Å². The number of aliphatic carboxylic acids is 1. The third-order valence-corrected chi connectivity index (χ3v) is 2.89. The first-order valence-corrected chi connectivity index (χ1v) is 5.59. The largest absolute Gasteiger partial charge is 0.471 e. The molecule has 1 aromatic rings. The van der Waals surface area contributed by atoms with Crippen LogP contribution in [0.2, 0.25) is 0 Å². The summed E-state index contributed by atoms with van der Waals surface area (Å²) < 4.78 is 6.91. The smallest absolute Gasteiger partial charge is 0.456 e. The minimum Gasteiger partial charge on any atom is -0.471 e. The number of aryl methyl sites for hydroxylation is 3. The van der Waals surface area contributed by atoms with Crippen LogP contribution in [-0.4, -0.2) is 34.7 Å². The van der Waals surface area contributed by atoms with Crippen molar-refractivity contribution in [3.63, 3.8) is 0 Å². The van der Waals surface area contributed by atoms with Crippen molar-refractivity contribution in [1.82, 2.24) is 0 Å². The van der Waals surface area contributed by atoms with Crippen LogP contribution >= 0.6 is 0 Å². The van der Waals surface area contributed by atoms with Gasteiger partial charge in [-0.25, -0.2) is 4.79 Å². The third kappa shape index (κ3) is 2.02. The fourth-order valence-electron chi connectivity index (χ4n) is 2.40. The second-order valence-electron chi connectivity index (χ2n) is 4.36. The summed E-state index contributed by atoms with van der Waals surface area (Å²) in [6.07, 6.45) is 0. The Hall–Kier alpha value is -1.84. The van der Waals surface area contributed by atoms with Crippen LogP contribution < -0.4 is 0 Å². The van der Waals surface area contributed by atoms with E-state index in [4.69, 9.17) is 9.84 Å². The summed E-state index contributed by atoms with van der Waals surface area (Å²) in [6.45, 7) is 7.03. The van der Waals surface area contributed by atoms with Crippen LogP contribution in [0.3, 0.4) is 0 Å². The van der Waals surface area contributed by atoms with Gasteiger partial charge in [0.05, 0.1) is 0 Å². The van der Waals surface area contributed by atoms with Crippen molar-refractivity contribution in [2.45, 2.75) is 20.8 Å². The van der Waals surface area contributed by atoms with Crippen LogP contribution in [0.5, 0.6) is 0 Å². The number of hydrogen-bond donors (Lipinski definition) is 1. The molecule has 0 amide bonds. The number of hydrogen-bond acceptors (Lipinski definition) is 2. The van der Waals surface area contributed by atoms with Gasteiger partial charge in [-0.05, 0) is 32.9 Å². The molecule has 4 heteroatoms. The van der Waals surface area contributed by atoms with Crippen molar-refractivity contribution in [3.05, 3.63) is 28.8 Å². The van der Waals surface area contributed by atoms with Crippen molar-refractivity contribution < 1.29 is 19.2 Å². The van der Waals surface area contributed by atoms with E-state index >= 15 is 0 Å². The summed E-state index contributed by atoms with van der Waals surface area (Å²) in [5, 5.41) is 9.08. The average Bonchev–Trinajstić information content (AvgIpc) is 2.64. The molecule has 0 spiro atoms. The van der Waals surface area contributed by atoms with Gasteiger partial charge in [0.1, 0.15) is 0 Å². The second-order valence-corrected chi connectivity index (χ2v) is 4.36. The summed E-state index contributed by atoms with van der Waals surface area (Å²) in [5.41, 5.74) is 4.28. The van der Waals surface area contributed by atoms with E-state index in [0.717, 1.165) is 16.8 Å². The quantitative estimate of drug-likeness (QED) is 0.793. The molecule has 90 valence electrons. The van der Waals surface area contributed by atoms with E-state index < -0.39 is 5.97 Å². The molecular weight excluding hydrogens is 218 g/mol. The Morgan fingerprint density at radius 3 is 2.41 bits per heavy atom. The normalized spacial score (nSPS) is 15.0. The molecule has 0 bridgehead atoms. The molecule has 0 atom stereocenters. The Bertz CT molecular complexity index is 494. The first-order valence-electron chi connectivity index (χ1n) is 5.59. The van der Waals surface area contributed by atoms with Crippen molar-refractivity contribution in [2.24, 2.45) is 0 Å². The minimum atomic E-state index is -1.01. The zero-order valence-electron chi connectivity index (χ0n) is 10.3. The monoisotopic (exact) mass is 234 g/mol. The van der Waals surface area contributed by atoms with Crippen LogP contribution in [0.1, 0.15) is 16.7 Å². The highest BCUT2D eigenvalue weighted by atomic mass is 16.5. The first kappa shape index (κ1) is 11.6. The van der Waals surface area contributed by atoms with Gasteiger partial charge in [0.2, 0.25) is 5.69 Å². The lowest BCUT2D eigenvalue weighted by atomic mass is 10.0. The van der Waals surface area contributed by atoms with E-state index in [0.29, 0.717) is 13.2 Å². The molecule has 0 saturated carbocycles. The zero-order chi connectivity index (χ0) is 12.6. The van der Waals surface area contributed by atoms with Gasteiger partial charge in [-0.1, -0.05) is 5.56 Å². The lowest BCUT2D eigenvalue weighted by Crippen LogP contribution is -2.21. The lowest BCUT2D eigenvalue weighted by molar-refractivity contribution is -0.429. The van der Waals surface area contributed by atoms with Crippen LogP contribution in [0, 0.1) is 20.8 Å². The number of rotatable bonds is 2. The van der Waals surface area contributed by atoms with Gasteiger partial charge in [-0.15, -0.1) is 4.58 Å². The Balaban J connectivity index is 2.62. The van der Waals surface area contributed by atoms with Crippen molar-refractivity contribution in [2.75, 3.05) is 13.2 Å². The molecule has 1 heterocycles. The Morgan fingerprint density at radius 2 is 1.88 bits per heavy atom. The SMILES string of the molecule is Cc1cc(C)c([N+]2=C(C(=O)O)OCC2)c(C)c1. The Labute approximate surface area is 100 Å². The summed E-state index contributed by atoms with van der Waals surface area (Å²) in [7, 11) is 0. The maximum Gasteiger partial charge on any atom is 0.456 e. The maximum atomic E-state index is 11.1. The molecule has 1 aliphatic heterocycles. The fraction of sp³-hybridized carbons (Fsp3) is 0.385. The van der Waals surface area contributed by atoms with Crippen LogP contribution in [-0.2, 0) is 9.53 Å². The molecule has 0 unspecified atom stereocenters. The molecule has 2 rings (SSSR count). The maximum absolute atomic E-state index is 11.1. The van der Waals surface area contributed by atoms with Crippen molar-refractivity contribution in [1.29, 1.82) is 0 Å². The number of carbonyl (C=O) groups is 1. The zero-order valence-corrected chi connectivity index (χ0v) is 10.3. The van der Waals surface area contributed by atoms with E-state index in [2.05, 4.69) is 12.1 Å². The fourth-order valence-corrected chi connectivity index (χ4v) is 2.40. The van der Waals surface area contributed by atoms with E-state index in [9.17, 15) is 4.79 Å². The molecule has 1 N–H and O–H groups in total. The standard InChI is InChI=1S/C13H15NO3/c1-8-6-9(2)11(10(3)7-8)14-4-5-17-12(14)13(15)16/h6-7H,4-5H2,1-3H3/p+1. The molecule has 0 radical (unpaired) electrons. The number of ether oxygens (including phenoxy) is 1. The van der Waals surface area contributed by atoms with Gasteiger partial charge in [-0.3, -0.25) is 0 Å². The number of carboxylic acid groups (broad SMARTS) is 1. The Morgan fingerprint density at radius 1 is 1.29 bits per heavy atom. The third-order valence-electron chi connectivity index (χ3n) is 2.89. The number of carboxylic acids is 1. The highest BCUT2D eigenvalue weighted by molar-refractivity contribution is 6.29. The Kier molecular flexibility index (Phi) is 2.88. The second kappa shape index (κ2) is 4.20. The average molecular weight is 234 g/mol. The van der Waals surface area contributed by atoms with E-state index in [1.807, 2.05) is 20.8 Å². The molecule has 0 aromatic heterocycles. The minimum absolute atomic E-state index is 0.0278. The number of benzene rings is 1. The lowest BCUT2D eigenvalue weighted by Gasteiger charge is -2.06. The predicted molar refractivity (Wildman–Crippen MR) is 64.0 cm³/mol. The van der Waals surface area contributed by atoms with Gasteiger partial charge >= 0.3 is 11.9 Å². The van der Waals surface area contributed by atoms with Crippen molar-refractivity contribution >= 4 is 17.6 Å². The van der Waals surface area contributed by atoms with E-state index in [-0.39, 0.29) is 5.90 Å². The van der Waals surface area contributed by atoms with Gasteiger partial charge in [0.25, 0.3) is 0 Å².